The van der Waals surface area contributed by atoms with E-state index >= 15 is 0 Å². The molecule has 0 spiro atoms. The van der Waals surface area contributed by atoms with Crippen LogP contribution >= 0.6 is 0 Å². The third kappa shape index (κ3) is 5.06. The molecule has 3 heterocycles. The lowest BCUT2D eigenvalue weighted by Crippen LogP contribution is -2.25. The van der Waals surface area contributed by atoms with E-state index in [9.17, 15) is 4.79 Å². The summed E-state index contributed by atoms with van der Waals surface area (Å²) in [5, 5.41) is 2.97. The van der Waals surface area contributed by atoms with E-state index in [1.54, 1.807) is 24.8 Å². The van der Waals surface area contributed by atoms with Gasteiger partial charge >= 0.3 is 0 Å². The first-order valence-corrected chi connectivity index (χ1v) is 10.4. The number of rotatable bonds is 9. The molecule has 7 heteroatoms. The molecule has 0 aliphatic heterocycles. The molecule has 31 heavy (non-hydrogen) atoms. The Bertz CT molecular complexity index is 1160. The van der Waals surface area contributed by atoms with Crippen molar-refractivity contribution in [2.75, 3.05) is 13.2 Å². The fourth-order valence-electron chi connectivity index (χ4n) is 3.44. The van der Waals surface area contributed by atoms with Gasteiger partial charge in [0, 0.05) is 18.9 Å². The Labute approximate surface area is 181 Å². The number of carbonyl (C=O) groups is 1. The SMILES string of the molecule is CCOc1ccccc1CCCNC(=O)c1cnc2c(c1)ncn2Cc1ccccn1. The van der Waals surface area contributed by atoms with E-state index < -0.39 is 0 Å². The topological polar surface area (TPSA) is 81.9 Å². The standard InChI is InChI=1S/C24H25N5O2/c1-2-31-22-11-4-3-8-18(22)9-7-13-26-24(30)19-14-21-23(27-15-19)29(17-28-21)16-20-10-5-6-12-25-20/h3-6,8,10-12,14-15,17H,2,7,9,13,16H2,1H3,(H,26,30). The molecule has 7 nitrogen and oxygen atoms in total. The summed E-state index contributed by atoms with van der Waals surface area (Å²) < 4.78 is 7.58. The minimum Gasteiger partial charge on any atom is -0.494 e. The van der Waals surface area contributed by atoms with Crippen molar-refractivity contribution in [3.63, 3.8) is 0 Å². The number of fused-ring (bicyclic) bond motifs is 1. The number of ether oxygens (including phenoxy) is 1. The molecule has 0 aliphatic carbocycles. The average Bonchev–Trinajstić information content (AvgIpc) is 3.20. The van der Waals surface area contributed by atoms with Crippen LogP contribution in [-0.4, -0.2) is 38.6 Å². The molecule has 1 amide bonds. The maximum absolute atomic E-state index is 12.5. The van der Waals surface area contributed by atoms with Crippen LogP contribution in [0, 0.1) is 0 Å². The monoisotopic (exact) mass is 415 g/mol. The Kier molecular flexibility index (Phi) is 6.52. The van der Waals surface area contributed by atoms with Crippen LogP contribution in [0.25, 0.3) is 11.2 Å². The third-order valence-corrected chi connectivity index (χ3v) is 4.96. The van der Waals surface area contributed by atoms with Gasteiger partial charge in [-0.25, -0.2) is 9.97 Å². The lowest BCUT2D eigenvalue weighted by Gasteiger charge is -2.10. The Morgan fingerprint density at radius 1 is 1.10 bits per heavy atom. The lowest BCUT2D eigenvalue weighted by molar-refractivity contribution is 0.0953. The highest BCUT2D eigenvalue weighted by Crippen LogP contribution is 2.19. The molecule has 3 aromatic heterocycles. The van der Waals surface area contributed by atoms with E-state index in [0.717, 1.165) is 35.5 Å². The Morgan fingerprint density at radius 3 is 2.81 bits per heavy atom. The van der Waals surface area contributed by atoms with Gasteiger partial charge in [0.2, 0.25) is 0 Å². The summed E-state index contributed by atoms with van der Waals surface area (Å²) in [5.74, 6) is 0.763. The molecule has 1 aromatic carbocycles. The molecule has 0 saturated carbocycles. The number of benzene rings is 1. The summed E-state index contributed by atoms with van der Waals surface area (Å²) in [4.78, 5) is 25.7. The maximum atomic E-state index is 12.5. The molecule has 0 atom stereocenters. The van der Waals surface area contributed by atoms with Crippen LogP contribution in [0.3, 0.4) is 0 Å². The van der Waals surface area contributed by atoms with Crippen molar-refractivity contribution in [1.29, 1.82) is 0 Å². The molecule has 0 fully saturated rings. The van der Waals surface area contributed by atoms with E-state index in [2.05, 4.69) is 26.3 Å². The summed E-state index contributed by atoms with van der Waals surface area (Å²) in [6, 6.07) is 15.6. The van der Waals surface area contributed by atoms with E-state index in [-0.39, 0.29) is 5.91 Å². The summed E-state index contributed by atoms with van der Waals surface area (Å²) in [7, 11) is 0. The Morgan fingerprint density at radius 2 is 1.97 bits per heavy atom. The van der Waals surface area contributed by atoms with Gasteiger partial charge in [0.1, 0.15) is 11.3 Å². The second-order valence-electron chi connectivity index (χ2n) is 7.16. The van der Waals surface area contributed by atoms with Crippen molar-refractivity contribution < 1.29 is 9.53 Å². The molecule has 158 valence electrons. The van der Waals surface area contributed by atoms with Crippen LogP contribution in [0.4, 0.5) is 0 Å². The van der Waals surface area contributed by atoms with Crippen LogP contribution in [-0.2, 0) is 13.0 Å². The Balaban J connectivity index is 1.34. The maximum Gasteiger partial charge on any atom is 0.252 e. The number of carbonyl (C=O) groups excluding carboxylic acids is 1. The zero-order valence-corrected chi connectivity index (χ0v) is 17.5. The fourth-order valence-corrected chi connectivity index (χ4v) is 3.44. The number of pyridine rings is 2. The van der Waals surface area contributed by atoms with Crippen molar-refractivity contribution in [2.45, 2.75) is 26.3 Å². The predicted molar refractivity (Wildman–Crippen MR) is 119 cm³/mol. The lowest BCUT2D eigenvalue weighted by atomic mass is 10.1. The number of hydrogen-bond acceptors (Lipinski definition) is 5. The van der Waals surface area contributed by atoms with Gasteiger partial charge in [-0.2, -0.15) is 0 Å². The van der Waals surface area contributed by atoms with E-state index in [1.807, 2.05) is 47.9 Å². The zero-order chi connectivity index (χ0) is 21.5. The molecule has 1 N–H and O–H groups in total. The molecule has 0 radical (unpaired) electrons. The highest BCUT2D eigenvalue weighted by Gasteiger charge is 2.11. The normalized spacial score (nSPS) is 10.9. The second-order valence-corrected chi connectivity index (χ2v) is 7.16. The molecule has 0 unspecified atom stereocenters. The predicted octanol–water partition coefficient (Wildman–Crippen LogP) is 3.64. The number of aryl methyl sites for hydroxylation is 1. The molecular weight excluding hydrogens is 390 g/mol. The van der Waals surface area contributed by atoms with Crippen LogP contribution < -0.4 is 10.1 Å². The van der Waals surface area contributed by atoms with Crippen molar-refractivity contribution in [1.82, 2.24) is 24.8 Å². The smallest absolute Gasteiger partial charge is 0.252 e. The van der Waals surface area contributed by atoms with Gasteiger partial charge < -0.3 is 14.6 Å². The average molecular weight is 415 g/mol. The number of imidazole rings is 1. The first-order chi connectivity index (χ1) is 15.2. The van der Waals surface area contributed by atoms with Gasteiger partial charge in [-0.1, -0.05) is 24.3 Å². The van der Waals surface area contributed by atoms with Gasteiger partial charge in [0.05, 0.1) is 30.7 Å². The van der Waals surface area contributed by atoms with Crippen molar-refractivity contribution in [3.05, 3.63) is 84.1 Å². The van der Waals surface area contributed by atoms with Gasteiger partial charge in [-0.3, -0.25) is 9.78 Å². The van der Waals surface area contributed by atoms with Crippen LogP contribution in [0.2, 0.25) is 0 Å². The number of amides is 1. The van der Waals surface area contributed by atoms with Gasteiger partial charge in [-0.15, -0.1) is 0 Å². The molecule has 0 aliphatic rings. The van der Waals surface area contributed by atoms with Crippen LogP contribution in [0.5, 0.6) is 5.75 Å². The number of nitrogens with one attached hydrogen (secondary N) is 1. The van der Waals surface area contributed by atoms with E-state index in [1.165, 1.54) is 0 Å². The number of para-hydroxylation sites is 1. The highest BCUT2D eigenvalue weighted by molar-refractivity contribution is 5.96. The fraction of sp³-hybridized carbons (Fsp3) is 0.250. The van der Waals surface area contributed by atoms with Gasteiger partial charge in [0.25, 0.3) is 5.91 Å². The molecule has 4 aromatic rings. The van der Waals surface area contributed by atoms with Crippen molar-refractivity contribution >= 4 is 17.1 Å². The first-order valence-electron chi connectivity index (χ1n) is 10.4. The Hall–Kier alpha value is -3.74. The summed E-state index contributed by atoms with van der Waals surface area (Å²) >= 11 is 0. The minimum atomic E-state index is -0.147. The quantitative estimate of drug-likeness (QED) is 0.422. The van der Waals surface area contributed by atoms with Crippen LogP contribution in [0.15, 0.2) is 67.3 Å². The van der Waals surface area contributed by atoms with Crippen LogP contribution in [0.1, 0.15) is 35.0 Å². The van der Waals surface area contributed by atoms with Gasteiger partial charge in [-0.05, 0) is 49.6 Å². The minimum absolute atomic E-state index is 0.147. The summed E-state index contributed by atoms with van der Waals surface area (Å²) in [6.45, 7) is 3.77. The van der Waals surface area contributed by atoms with E-state index in [0.29, 0.717) is 30.8 Å². The third-order valence-electron chi connectivity index (χ3n) is 4.96. The largest absolute Gasteiger partial charge is 0.494 e. The van der Waals surface area contributed by atoms with Crippen molar-refractivity contribution in [2.24, 2.45) is 0 Å². The first kappa shape index (κ1) is 20.5. The zero-order valence-electron chi connectivity index (χ0n) is 17.5. The number of nitrogens with zero attached hydrogens (tertiary/aromatic N) is 4. The van der Waals surface area contributed by atoms with Gasteiger partial charge in [0.15, 0.2) is 5.65 Å². The summed E-state index contributed by atoms with van der Waals surface area (Å²) in [5.41, 5.74) is 4.01. The molecule has 4 rings (SSSR count). The number of aromatic nitrogens is 4. The number of hydrogen-bond donors (Lipinski definition) is 1. The molecule has 0 bridgehead atoms. The highest BCUT2D eigenvalue weighted by atomic mass is 16.5. The van der Waals surface area contributed by atoms with E-state index in [4.69, 9.17) is 4.74 Å². The second kappa shape index (κ2) is 9.84. The van der Waals surface area contributed by atoms with Crippen molar-refractivity contribution in [3.8, 4) is 5.75 Å². The summed E-state index contributed by atoms with van der Waals surface area (Å²) in [6.07, 6.45) is 6.75. The molecular formula is C24H25N5O2. The molecule has 0 saturated heterocycles.